The Bertz CT molecular complexity index is 1910. The molecule has 0 aliphatic carbocycles. The van der Waals surface area contributed by atoms with E-state index in [1.165, 1.54) is 0 Å². The second-order valence-electron chi connectivity index (χ2n) is 13.2. The van der Waals surface area contributed by atoms with Crippen LogP contribution in [0.1, 0.15) is 85.9 Å². The summed E-state index contributed by atoms with van der Waals surface area (Å²) < 4.78 is 33.4. The third kappa shape index (κ3) is 14.6. The van der Waals surface area contributed by atoms with Gasteiger partial charge in [-0.25, -0.2) is 19.2 Å². The molecule has 0 saturated heterocycles. The van der Waals surface area contributed by atoms with E-state index in [2.05, 4.69) is 13.2 Å². The lowest BCUT2D eigenvalue weighted by molar-refractivity contribution is -0.139. The van der Waals surface area contributed by atoms with Gasteiger partial charge < -0.3 is 28.4 Å². The van der Waals surface area contributed by atoms with Crippen LogP contribution in [-0.4, -0.2) is 50.3 Å². The van der Waals surface area contributed by atoms with Gasteiger partial charge in [0.05, 0.1) is 37.6 Å². The highest BCUT2D eigenvalue weighted by Gasteiger charge is 2.17. The molecule has 4 aromatic rings. The van der Waals surface area contributed by atoms with E-state index < -0.39 is 11.9 Å². The summed E-state index contributed by atoms with van der Waals surface area (Å²) in [7, 11) is 0. The van der Waals surface area contributed by atoms with Crippen LogP contribution in [0.4, 0.5) is 0 Å². The van der Waals surface area contributed by atoms with Crippen molar-refractivity contribution < 1.29 is 47.6 Å². The molecule has 0 amide bonds. The molecule has 0 atom stereocenters. The third-order valence-electron chi connectivity index (χ3n) is 8.41. The number of rotatable bonds is 23. The van der Waals surface area contributed by atoms with Gasteiger partial charge in [-0.15, -0.1) is 0 Å². The average molecular weight is 763 g/mol. The van der Waals surface area contributed by atoms with Crippen LogP contribution in [0.25, 0.3) is 11.1 Å². The summed E-state index contributed by atoms with van der Waals surface area (Å²) in [6, 6.07) is 27.7. The first-order valence-corrected chi connectivity index (χ1v) is 18.9. The first kappa shape index (κ1) is 42.6. The summed E-state index contributed by atoms with van der Waals surface area (Å²) >= 11 is 0. The maximum atomic E-state index is 13.2. The summed E-state index contributed by atoms with van der Waals surface area (Å²) in [6.45, 7) is 12.2. The second-order valence-corrected chi connectivity index (χ2v) is 13.2. The van der Waals surface area contributed by atoms with Crippen molar-refractivity contribution in [2.75, 3.05) is 26.4 Å². The summed E-state index contributed by atoms with van der Waals surface area (Å²) in [5.74, 6) is 0.0575. The maximum Gasteiger partial charge on any atom is 0.343 e. The van der Waals surface area contributed by atoms with Gasteiger partial charge in [0.2, 0.25) is 0 Å². The van der Waals surface area contributed by atoms with E-state index in [-0.39, 0.29) is 17.7 Å². The Balaban J connectivity index is 1.25. The van der Waals surface area contributed by atoms with Crippen LogP contribution in [0.2, 0.25) is 0 Å². The standard InChI is InChI=1S/C46H50O10/c1-33(2)43(47)53-30-14-7-5-12-28-51-38-22-18-36(19-23-38)45(49)55-40-26-27-42(41(32-40)35-16-10-9-11-17-35)56-46(50)37-20-24-39(25-21-37)52-29-13-6-8-15-31-54-44(48)34(3)4/h9-11,16-27,32H,1,3,5-8,12-15,28-31H2,2,4H3. The Morgan fingerprint density at radius 1 is 0.482 bits per heavy atom. The number of hydrogen-bond donors (Lipinski definition) is 0. The molecule has 0 unspecified atom stereocenters. The van der Waals surface area contributed by atoms with E-state index in [9.17, 15) is 19.2 Å². The van der Waals surface area contributed by atoms with Crippen LogP contribution in [0.3, 0.4) is 0 Å². The van der Waals surface area contributed by atoms with E-state index in [1.54, 1.807) is 80.6 Å². The van der Waals surface area contributed by atoms with Crippen LogP contribution in [0.5, 0.6) is 23.0 Å². The Labute approximate surface area is 329 Å². The number of carbonyl (C=O) groups is 4. The minimum Gasteiger partial charge on any atom is -0.494 e. The second kappa shape index (κ2) is 22.9. The molecule has 0 heterocycles. The zero-order chi connectivity index (χ0) is 40.1. The Kier molecular flexibility index (Phi) is 17.4. The van der Waals surface area contributed by atoms with Gasteiger partial charge in [0, 0.05) is 16.7 Å². The van der Waals surface area contributed by atoms with Crippen molar-refractivity contribution in [3.05, 3.63) is 132 Å². The number of unbranched alkanes of at least 4 members (excludes halogenated alkanes) is 6. The minimum atomic E-state index is -0.547. The molecule has 0 aliphatic heterocycles. The van der Waals surface area contributed by atoms with Crippen LogP contribution in [0.15, 0.2) is 121 Å². The van der Waals surface area contributed by atoms with Crippen molar-refractivity contribution in [1.82, 2.24) is 0 Å². The topological polar surface area (TPSA) is 124 Å². The van der Waals surface area contributed by atoms with Crippen molar-refractivity contribution in [3.63, 3.8) is 0 Å². The molecule has 0 fully saturated rings. The SMILES string of the molecule is C=C(C)C(=O)OCCCCCCOc1ccc(C(=O)Oc2ccc(OC(=O)c3ccc(OCCCCCCOC(=O)C(=C)C)cc3)c(-c3ccccc3)c2)cc1. The van der Waals surface area contributed by atoms with Crippen molar-refractivity contribution in [3.8, 4) is 34.1 Å². The highest BCUT2D eigenvalue weighted by atomic mass is 16.5. The monoisotopic (exact) mass is 762 g/mol. The summed E-state index contributed by atoms with van der Waals surface area (Å²) in [5.41, 5.74) is 2.85. The number of benzene rings is 4. The van der Waals surface area contributed by atoms with Crippen LogP contribution < -0.4 is 18.9 Å². The number of hydrogen-bond acceptors (Lipinski definition) is 10. The molecular formula is C46H50O10. The van der Waals surface area contributed by atoms with E-state index in [0.717, 1.165) is 56.9 Å². The molecule has 4 rings (SSSR count). The quantitative estimate of drug-likeness (QED) is 0.0312. The molecule has 0 saturated carbocycles. The highest BCUT2D eigenvalue weighted by Crippen LogP contribution is 2.34. The van der Waals surface area contributed by atoms with E-state index in [1.807, 2.05) is 30.3 Å². The summed E-state index contributed by atoms with van der Waals surface area (Å²) in [4.78, 5) is 49.1. The van der Waals surface area contributed by atoms with Crippen molar-refractivity contribution in [2.24, 2.45) is 0 Å². The van der Waals surface area contributed by atoms with Crippen LogP contribution in [-0.2, 0) is 19.1 Å². The fourth-order valence-corrected chi connectivity index (χ4v) is 5.28. The lowest BCUT2D eigenvalue weighted by Gasteiger charge is -2.13. The Morgan fingerprint density at radius 3 is 1.38 bits per heavy atom. The normalized spacial score (nSPS) is 10.5. The molecule has 10 nitrogen and oxygen atoms in total. The summed E-state index contributed by atoms with van der Waals surface area (Å²) in [6.07, 6.45) is 6.95. The first-order chi connectivity index (χ1) is 27.1. The molecule has 56 heavy (non-hydrogen) atoms. The Hall–Kier alpha value is -6.16. The lowest BCUT2D eigenvalue weighted by atomic mass is 10.0. The molecule has 0 radical (unpaired) electrons. The third-order valence-corrected chi connectivity index (χ3v) is 8.41. The fourth-order valence-electron chi connectivity index (χ4n) is 5.28. The molecule has 4 aromatic carbocycles. The van der Waals surface area contributed by atoms with Gasteiger partial charge in [-0.3, -0.25) is 0 Å². The maximum absolute atomic E-state index is 13.2. The van der Waals surface area contributed by atoms with Gasteiger partial charge in [-0.1, -0.05) is 43.5 Å². The van der Waals surface area contributed by atoms with E-state index >= 15 is 0 Å². The molecule has 294 valence electrons. The molecule has 0 aromatic heterocycles. The molecule has 0 aliphatic rings. The fraction of sp³-hybridized carbons (Fsp3) is 0.304. The zero-order valence-electron chi connectivity index (χ0n) is 32.2. The summed E-state index contributed by atoms with van der Waals surface area (Å²) in [5, 5.41) is 0. The molecule has 0 bridgehead atoms. The van der Waals surface area contributed by atoms with Crippen molar-refractivity contribution >= 4 is 23.9 Å². The van der Waals surface area contributed by atoms with Gasteiger partial charge in [0.25, 0.3) is 0 Å². The van der Waals surface area contributed by atoms with Gasteiger partial charge in [0.15, 0.2) is 0 Å². The van der Waals surface area contributed by atoms with Gasteiger partial charge in [-0.05, 0) is 138 Å². The minimum absolute atomic E-state index is 0.288. The Morgan fingerprint density at radius 2 is 0.911 bits per heavy atom. The predicted octanol–water partition coefficient (Wildman–Crippen LogP) is 9.91. The lowest BCUT2D eigenvalue weighted by Crippen LogP contribution is -2.11. The number of esters is 4. The first-order valence-electron chi connectivity index (χ1n) is 18.9. The molecule has 10 heteroatoms. The van der Waals surface area contributed by atoms with Crippen molar-refractivity contribution in [2.45, 2.75) is 65.2 Å². The van der Waals surface area contributed by atoms with Crippen LogP contribution >= 0.6 is 0 Å². The van der Waals surface area contributed by atoms with Gasteiger partial charge in [0.1, 0.15) is 23.0 Å². The average Bonchev–Trinajstić information content (AvgIpc) is 3.20. The number of carbonyl (C=O) groups excluding carboxylic acids is 4. The number of ether oxygens (including phenoxy) is 6. The largest absolute Gasteiger partial charge is 0.494 e. The predicted molar refractivity (Wildman–Crippen MR) is 214 cm³/mol. The van der Waals surface area contributed by atoms with E-state index in [4.69, 9.17) is 28.4 Å². The highest BCUT2D eigenvalue weighted by molar-refractivity contribution is 5.93. The van der Waals surface area contributed by atoms with Crippen molar-refractivity contribution in [1.29, 1.82) is 0 Å². The molecule has 0 N–H and O–H groups in total. The zero-order valence-corrected chi connectivity index (χ0v) is 32.2. The van der Waals surface area contributed by atoms with E-state index in [0.29, 0.717) is 71.5 Å². The molecular weight excluding hydrogens is 712 g/mol. The smallest absolute Gasteiger partial charge is 0.343 e. The van der Waals surface area contributed by atoms with Crippen LogP contribution in [0, 0.1) is 0 Å². The van der Waals surface area contributed by atoms with Gasteiger partial charge >= 0.3 is 23.9 Å². The molecule has 0 spiro atoms. The van der Waals surface area contributed by atoms with Gasteiger partial charge in [-0.2, -0.15) is 0 Å².